The molecule has 1 heterocycles. The average Bonchev–Trinajstić information content (AvgIpc) is 2.98. The van der Waals surface area contributed by atoms with Gasteiger partial charge in [0.1, 0.15) is 6.04 Å². The minimum atomic E-state index is -4.84. The van der Waals surface area contributed by atoms with Crippen LogP contribution in [0.3, 0.4) is 0 Å². The van der Waals surface area contributed by atoms with E-state index in [0.717, 1.165) is 0 Å². The molecule has 154 valence electrons. The number of nitrogens with two attached hydrogens (primary N) is 1. The largest absolute Gasteiger partial charge is 0.416 e. The number of amides is 2. The number of rotatable bonds is 6. The molecule has 0 spiro atoms. The summed E-state index contributed by atoms with van der Waals surface area (Å²) in [5.74, 6) is -1.83. The van der Waals surface area contributed by atoms with E-state index in [2.05, 4.69) is 5.32 Å². The fraction of sp³-hybridized carbons (Fsp3) is 0.882. The number of halogens is 3. The molecule has 0 radical (unpaired) electrons. The van der Waals surface area contributed by atoms with Crippen LogP contribution in [0, 0.1) is 11.8 Å². The second-order valence-corrected chi connectivity index (χ2v) is 7.22. The Hall–Kier alpha value is -1.35. The lowest BCUT2D eigenvalue weighted by molar-refractivity contribution is -0.215. The van der Waals surface area contributed by atoms with E-state index in [0.29, 0.717) is 19.4 Å². The molecule has 0 aromatic carbocycles. The molecule has 1 saturated heterocycles. The Labute approximate surface area is 153 Å². The first-order valence-electron chi connectivity index (χ1n) is 8.49. The molecule has 26 heavy (non-hydrogen) atoms. The molecule has 1 aliphatic rings. The molecule has 4 N–H and O–H groups in total. The Morgan fingerprint density at radius 1 is 1.19 bits per heavy atom. The quantitative estimate of drug-likeness (QED) is 0.650. The van der Waals surface area contributed by atoms with Crippen LogP contribution in [-0.2, 0) is 9.59 Å². The van der Waals surface area contributed by atoms with Crippen molar-refractivity contribution in [1.82, 2.24) is 10.2 Å². The van der Waals surface area contributed by atoms with Crippen molar-refractivity contribution in [2.24, 2.45) is 17.6 Å². The zero-order valence-corrected chi connectivity index (χ0v) is 15.0. The van der Waals surface area contributed by atoms with Crippen molar-refractivity contribution >= 4 is 11.8 Å². The smallest absolute Gasteiger partial charge is 0.382 e. The first kappa shape index (κ1) is 24.7. The van der Waals surface area contributed by atoms with Crippen LogP contribution in [0.1, 0.15) is 48.0 Å². The van der Waals surface area contributed by atoms with E-state index in [9.17, 15) is 27.9 Å². The third-order valence-electron chi connectivity index (χ3n) is 4.54. The van der Waals surface area contributed by atoms with Crippen LogP contribution in [0.25, 0.3) is 0 Å². The van der Waals surface area contributed by atoms with E-state index < -0.39 is 42.2 Å². The molecule has 1 unspecified atom stereocenters. The van der Waals surface area contributed by atoms with E-state index in [1.807, 2.05) is 0 Å². The molecule has 1 aliphatic heterocycles. The molecule has 4 atom stereocenters. The first-order chi connectivity index (χ1) is 11.4. The van der Waals surface area contributed by atoms with Crippen LogP contribution in [0.5, 0.6) is 0 Å². The highest BCUT2D eigenvalue weighted by Crippen LogP contribution is 2.26. The Morgan fingerprint density at radius 3 is 2.15 bits per heavy atom. The van der Waals surface area contributed by atoms with Gasteiger partial charge < -0.3 is 21.1 Å². The fourth-order valence-corrected chi connectivity index (χ4v) is 2.85. The van der Waals surface area contributed by atoms with Crippen molar-refractivity contribution in [3.8, 4) is 0 Å². The number of aliphatic hydroxyl groups excluding tert-OH is 1. The van der Waals surface area contributed by atoms with E-state index in [1.54, 1.807) is 13.8 Å². The molecule has 0 aliphatic carbocycles. The van der Waals surface area contributed by atoms with Crippen molar-refractivity contribution in [2.75, 3.05) is 6.54 Å². The number of carbonyl (C=O) groups excluding carboxylic acids is 2. The van der Waals surface area contributed by atoms with Gasteiger partial charge in [-0.2, -0.15) is 13.2 Å². The van der Waals surface area contributed by atoms with Crippen LogP contribution in [0.4, 0.5) is 13.2 Å². The summed E-state index contributed by atoms with van der Waals surface area (Å²) in [6, 6.07) is -3.11. The minimum absolute atomic E-state index is 0. The summed E-state index contributed by atoms with van der Waals surface area (Å²) in [5.41, 5.74) is 5.85. The lowest BCUT2D eigenvalue weighted by Crippen LogP contribution is -2.58. The van der Waals surface area contributed by atoms with Gasteiger partial charge in [0.15, 0.2) is 6.10 Å². The van der Waals surface area contributed by atoms with Gasteiger partial charge in [0.05, 0.1) is 12.1 Å². The molecule has 0 aromatic heterocycles. The van der Waals surface area contributed by atoms with Crippen molar-refractivity contribution in [2.45, 2.75) is 78.4 Å². The van der Waals surface area contributed by atoms with Crippen LogP contribution in [0.15, 0.2) is 0 Å². The van der Waals surface area contributed by atoms with Gasteiger partial charge >= 0.3 is 6.18 Å². The zero-order chi connectivity index (χ0) is 19.5. The van der Waals surface area contributed by atoms with Gasteiger partial charge in [0.2, 0.25) is 11.8 Å². The molecule has 9 heteroatoms. The first-order valence-corrected chi connectivity index (χ1v) is 8.49. The molecule has 2 amide bonds. The number of alkyl halides is 3. The van der Waals surface area contributed by atoms with Crippen molar-refractivity contribution < 1.29 is 27.9 Å². The van der Waals surface area contributed by atoms with Gasteiger partial charge in [-0.05, 0) is 24.7 Å². The van der Waals surface area contributed by atoms with Gasteiger partial charge in [0.25, 0.3) is 0 Å². The van der Waals surface area contributed by atoms with Gasteiger partial charge in [-0.25, -0.2) is 0 Å². The fourth-order valence-electron chi connectivity index (χ4n) is 2.85. The summed E-state index contributed by atoms with van der Waals surface area (Å²) in [7, 11) is 0. The van der Waals surface area contributed by atoms with Crippen molar-refractivity contribution in [3.05, 3.63) is 0 Å². The predicted molar refractivity (Wildman–Crippen MR) is 93.1 cm³/mol. The second kappa shape index (κ2) is 9.55. The molecular weight excluding hydrogens is 351 g/mol. The Balaban J connectivity index is 0.00000625. The summed E-state index contributed by atoms with van der Waals surface area (Å²) in [6.07, 6.45) is -6.58. The number of nitrogens with zero attached hydrogens (tertiary/aromatic N) is 1. The minimum Gasteiger partial charge on any atom is -0.382 e. The van der Waals surface area contributed by atoms with Gasteiger partial charge in [-0.15, -0.1) is 0 Å². The van der Waals surface area contributed by atoms with E-state index in [1.165, 1.54) is 18.7 Å². The van der Waals surface area contributed by atoms with Crippen LogP contribution in [0.2, 0.25) is 0 Å². The van der Waals surface area contributed by atoms with E-state index >= 15 is 0 Å². The normalized spacial score (nSPS) is 21.3. The van der Waals surface area contributed by atoms with Crippen LogP contribution < -0.4 is 11.1 Å². The van der Waals surface area contributed by atoms with E-state index in [4.69, 9.17) is 5.73 Å². The highest BCUT2D eigenvalue weighted by atomic mass is 19.4. The molecule has 6 nitrogen and oxygen atoms in total. The van der Waals surface area contributed by atoms with Crippen LogP contribution >= 0.6 is 0 Å². The number of carbonyl (C=O) groups is 2. The Kier molecular flexibility index (Phi) is 9.05. The highest BCUT2D eigenvalue weighted by molar-refractivity contribution is 5.90. The summed E-state index contributed by atoms with van der Waals surface area (Å²) < 4.78 is 38.4. The molecule has 0 bridgehead atoms. The third-order valence-corrected chi connectivity index (χ3v) is 4.54. The molecule has 0 saturated carbocycles. The Bertz CT molecular complexity index is 484. The lowest BCUT2D eigenvalue weighted by Gasteiger charge is -2.32. The van der Waals surface area contributed by atoms with Gasteiger partial charge in [-0.3, -0.25) is 9.59 Å². The molecule has 0 aromatic rings. The maximum absolute atomic E-state index is 12.8. The number of hydrogen-bond acceptors (Lipinski definition) is 4. The monoisotopic (exact) mass is 383 g/mol. The Morgan fingerprint density at radius 2 is 1.73 bits per heavy atom. The van der Waals surface area contributed by atoms with Gasteiger partial charge in [-0.1, -0.05) is 35.1 Å². The topological polar surface area (TPSA) is 95.7 Å². The number of likely N-dealkylation sites (tertiary alicyclic amines) is 1. The standard InChI is InChI=1S/C16H28F3N3O3.CH4/c1-8(2)11(20)15(25)22-7-5-6-10(22)14(24)21-12(9(3)4)13(23)16(17,18)19;/h8-13,23H,5-7,20H2,1-4H3,(H,21,24);1H4/t10-,11-,12-,13?;/m0./s1. The zero-order valence-electron chi connectivity index (χ0n) is 15.0. The average molecular weight is 383 g/mol. The summed E-state index contributed by atoms with van der Waals surface area (Å²) in [6.45, 7) is 6.86. The lowest BCUT2D eigenvalue weighted by atomic mass is 9.97. The number of hydrogen-bond donors (Lipinski definition) is 3. The van der Waals surface area contributed by atoms with E-state index in [-0.39, 0.29) is 19.3 Å². The third kappa shape index (κ3) is 5.84. The SMILES string of the molecule is C.CC(C)[C@H](NC(=O)[C@@H]1CCCN1C(=O)[C@@H](N)C(C)C)C(O)C(F)(F)F. The number of nitrogens with one attached hydrogen (secondary N) is 1. The summed E-state index contributed by atoms with van der Waals surface area (Å²) in [5, 5.41) is 11.8. The van der Waals surface area contributed by atoms with Gasteiger partial charge in [0, 0.05) is 6.54 Å². The predicted octanol–water partition coefficient (Wildman–Crippen LogP) is 1.66. The highest BCUT2D eigenvalue weighted by Gasteiger charge is 2.46. The molecular formula is C17H32F3N3O3. The maximum atomic E-state index is 12.8. The summed E-state index contributed by atoms with van der Waals surface area (Å²) >= 11 is 0. The number of aliphatic hydroxyl groups is 1. The molecule has 1 fully saturated rings. The van der Waals surface area contributed by atoms with Crippen molar-refractivity contribution in [1.29, 1.82) is 0 Å². The summed E-state index contributed by atoms with van der Waals surface area (Å²) in [4.78, 5) is 26.2. The van der Waals surface area contributed by atoms with Crippen LogP contribution in [-0.4, -0.2) is 58.8 Å². The molecule has 1 rings (SSSR count). The van der Waals surface area contributed by atoms with Crippen molar-refractivity contribution in [3.63, 3.8) is 0 Å². The second-order valence-electron chi connectivity index (χ2n) is 7.22. The maximum Gasteiger partial charge on any atom is 0.416 e.